The highest BCUT2D eigenvalue weighted by Crippen LogP contribution is 2.50. The van der Waals surface area contributed by atoms with E-state index in [9.17, 15) is 8.42 Å². The van der Waals surface area contributed by atoms with Crippen molar-refractivity contribution in [2.24, 2.45) is 0 Å². The number of ether oxygens (including phenoxy) is 3. The Balaban J connectivity index is 1.53. The summed E-state index contributed by atoms with van der Waals surface area (Å²) in [5.74, 6) is 0. The second-order valence-corrected chi connectivity index (χ2v) is 18.1. The van der Waals surface area contributed by atoms with E-state index in [1.165, 1.54) is 6.42 Å². The van der Waals surface area contributed by atoms with E-state index in [2.05, 4.69) is 33.9 Å². The number of hydrogen-bond donors (Lipinski definition) is 0. The van der Waals surface area contributed by atoms with Gasteiger partial charge in [-0.05, 0) is 68.8 Å². The zero-order valence-corrected chi connectivity index (χ0v) is 23.5. The molecule has 3 rings (SSSR count). The summed E-state index contributed by atoms with van der Waals surface area (Å²) in [6.45, 7) is 12.7. The average molecular weight is 513 g/mol. The van der Waals surface area contributed by atoms with Crippen LogP contribution in [0.25, 0.3) is 0 Å². The van der Waals surface area contributed by atoms with Crippen molar-refractivity contribution in [3.05, 3.63) is 30.3 Å². The summed E-state index contributed by atoms with van der Waals surface area (Å²) in [5.41, 5.74) is 0. The first kappa shape index (κ1) is 27.8. The SMILES string of the molecule is CC(C)(C)[Si](C)(C)OC[C@H]1O[C@]1(CCCCCCOC1CCCCO1)S(=O)(=O)c1ccccc1. The lowest BCUT2D eigenvalue weighted by molar-refractivity contribution is -0.162. The Labute approximate surface area is 207 Å². The molecule has 2 aliphatic heterocycles. The highest BCUT2D eigenvalue weighted by Gasteiger charge is 2.66. The van der Waals surface area contributed by atoms with Crippen molar-refractivity contribution in [3.63, 3.8) is 0 Å². The monoisotopic (exact) mass is 512 g/mol. The Hall–Kier alpha value is -0.773. The number of sulfone groups is 1. The van der Waals surface area contributed by atoms with Crippen molar-refractivity contribution in [3.8, 4) is 0 Å². The summed E-state index contributed by atoms with van der Waals surface area (Å²) in [7, 11) is -5.61. The van der Waals surface area contributed by atoms with Gasteiger partial charge in [-0.3, -0.25) is 0 Å². The molecular weight excluding hydrogens is 468 g/mol. The number of epoxide rings is 1. The molecule has 1 unspecified atom stereocenters. The molecule has 0 N–H and O–H groups in total. The molecule has 2 heterocycles. The Kier molecular flexibility index (Phi) is 9.42. The van der Waals surface area contributed by atoms with E-state index in [4.69, 9.17) is 18.6 Å². The molecule has 0 amide bonds. The molecule has 2 saturated heterocycles. The van der Waals surface area contributed by atoms with Crippen molar-refractivity contribution in [1.82, 2.24) is 0 Å². The standard InChI is InChI=1S/C26H44O6SSi/c1-25(2,3)34(4,5)31-21-23-26(32-23,33(27,28)22-15-9-8-10-16-22)18-12-6-7-13-19-29-24-17-11-14-20-30-24/h8-10,15-16,23-24H,6-7,11-14,17-21H2,1-5H3/t23-,24?,26-/m1/s1. The van der Waals surface area contributed by atoms with Crippen LogP contribution in [0, 0.1) is 0 Å². The van der Waals surface area contributed by atoms with Gasteiger partial charge in [0.15, 0.2) is 14.6 Å². The summed E-state index contributed by atoms with van der Waals surface area (Å²) in [4.78, 5) is -0.853. The van der Waals surface area contributed by atoms with E-state index in [-0.39, 0.29) is 11.3 Å². The van der Waals surface area contributed by atoms with Crippen LogP contribution in [0.4, 0.5) is 0 Å². The summed E-state index contributed by atoms with van der Waals surface area (Å²) < 4.78 is 50.9. The zero-order valence-electron chi connectivity index (χ0n) is 21.7. The van der Waals surface area contributed by atoms with Gasteiger partial charge in [-0.2, -0.15) is 0 Å². The zero-order chi connectivity index (χ0) is 24.9. The van der Waals surface area contributed by atoms with Gasteiger partial charge in [0.2, 0.25) is 14.8 Å². The molecule has 34 heavy (non-hydrogen) atoms. The van der Waals surface area contributed by atoms with Crippen molar-refractivity contribution in [1.29, 1.82) is 0 Å². The molecule has 194 valence electrons. The first-order chi connectivity index (χ1) is 16.0. The van der Waals surface area contributed by atoms with Gasteiger partial charge >= 0.3 is 0 Å². The lowest BCUT2D eigenvalue weighted by Gasteiger charge is -2.36. The van der Waals surface area contributed by atoms with Crippen LogP contribution in [0.15, 0.2) is 35.2 Å². The van der Waals surface area contributed by atoms with Crippen LogP contribution in [0.2, 0.25) is 18.1 Å². The molecule has 0 aromatic heterocycles. The molecule has 6 nitrogen and oxygen atoms in total. The predicted octanol–water partition coefficient (Wildman–Crippen LogP) is 6.07. The predicted molar refractivity (Wildman–Crippen MR) is 137 cm³/mol. The fraction of sp³-hybridized carbons (Fsp3) is 0.769. The van der Waals surface area contributed by atoms with Crippen molar-refractivity contribution < 1.29 is 27.1 Å². The first-order valence-electron chi connectivity index (χ1n) is 12.8. The number of hydrogen-bond acceptors (Lipinski definition) is 6. The highest BCUT2D eigenvalue weighted by molar-refractivity contribution is 7.93. The van der Waals surface area contributed by atoms with E-state index in [0.717, 1.165) is 45.1 Å². The van der Waals surface area contributed by atoms with E-state index < -0.39 is 29.2 Å². The van der Waals surface area contributed by atoms with Gasteiger partial charge in [0.25, 0.3) is 0 Å². The number of benzene rings is 1. The minimum absolute atomic E-state index is 0.0467. The van der Waals surface area contributed by atoms with Gasteiger partial charge in [0.05, 0.1) is 11.5 Å². The minimum Gasteiger partial charge on any atom is -0.414 e. The van der Waals surface area contributed by atoms with Gasteiger partial charge in [-0.15, -0.1) is 0 Å². The maximum absolute atomic E-state index is 13.6. The van der Waals surface area contributed by atoms with Crippen LogP contribution in [0.3, 0.4) is 0 Å². The molecule has 0 aliphatic carbocycles. The second kappa shape index (κ2) is 11.5. The minimum atomic E-state index is -3.62. The topological polar surface area (TPSA) is 74.4 Å². The van der Waals surface area contributed by atoms with Gasteiger partial charge in [0.1, 0.15) is 6.10 Å². The molecule has 2 aliphatic rings. The Morgan fingerprint density at radius 2 is 1.76 bits per heavy atom. The molecule has 0 spiro atoms. The van der Waals surface area contributed by atoms with Crippen LogP contribution < -0.4 is 0 Å². The quantitative estimate of drug-likeness (QED) is 0.181. The fourth-order valence-electron chi connectivity index (χ4n) is 4.14. The molecule has 1 aromatic carbocycles. The maximum Gasteiger partial charge on any atom is 0.210 e. The lowest BCUT2D eigenvalue weighted by atomic mass is 10.1. The van der Waals surface area contributed by atoms with E-state index >= 15 is 0 Å². The Morgan fingerprint density at radius 3 is 2.41 bits per heavy atom. The molecule has 0 radical (unpaired) electrons. The van der Waals surface area contributed by atoms with Crippen LogP contribution in [-0.2, 0) is 28.5 Å². The van der Waals surface area contributed by atoms with Gasteiger partial charge in [0, 0.05) is 13.2 Å². The van der Waals surface area contributed by atoms with Crippen molar-refractivity contribution in [2.75, 3.05) is 19.8 Å². The Morgan fingerprint density at radius 1 is 1.06 bits per heavy atom. The maximum atomic E-state index is 13.6. The number of rotatable bonds is 13. The molecule has 0 bridgehead atoms. The molecule has 0 saturated carbocycles. The van der Waals surface area contributed by atoms with Crippen LogP contribution in [-0.4, -0.2) is 53.9 Å². The first-order valence-corrected chi connectivity index (χ1v) is 17.2. The average Bonchev–Trinajstić information content (AvgIpc) is 3.53. The number of unbranched alkanes of at least 4 members (excludes halogenated alkanes) is 3. The highest BCUT2D eigenvalue weighted by atomic mass is 32.2. The fourth-order valence-corrected chi connectivity index (χ4v) is 7.13. The third kappa shape index (κ3) is 6.71. The largest absolute Gasteiger partial charge is 0.414 e. The normalized spacial score (nSPS) is 25.9. The van der Waals surface area contributed by atoms with Crippen LogP contribution in [0.1, 0.15) is 72.1 Å². The van der Waals surface area contributed by atoms with Crippen molar-refractivity contribution >= 4 is 18.2 Å². The summed E-state index contributed by atoms with van der Waals surface area (Å²) >= 11 is 0. The summed E-state index contributed by atoms with van der Waals surface area (Å²) in [6, 6.07) is 8.68. The summed E-state index contributed by atoms with van der Waals surface area (Å²) in [6.07, 6.45) is 6.99. The van der Waals surface area contributed by atoms with Crippen LogP contribution in [0.5, 0.6) is 0 Å². The third-order valence-electron chi connectivity index (χ3n) is 7.55. The van der Waals surface area contributed by atoms with E-state index in [1.54, 1.807) is 24.3 Å². The van der Waals surface area contributed by atoms with E-state index in [0.29, 0.717) is 24.5 Å². The summed E-state index contributed by atoms with van der Waals surface area (Å²) in [5, 5.41) is 0.0631. The van der Waals surface area contributed by atoms with Crippen LogP contribution >= 0.6 is 0 Å². The lowest BCUT2D eigenvalue weighted by Crippen LogP contribution is -2.42. The Bertz CT molecular complexity index is 861. The van der Waals surface area contributed by atoms with Gasteiger partial charge in [-0.1, -0.05) is 51.8 Å². The molecule has 1 aromatic rings. The van der Waals surface area contributed by atoms with Gasteiger partial charge in [-0.25, -0.2) is 8.42 Å². The third-order valence-corrected chi connectivity index (χ3v) is 14.4. The van der Waals surface area contributed by atoms with Gasteiger partial charge < -0.3 is 18.6 Å². The molecule has 2 fully saturated rings. The molecular formula is C26H44O6SSi. The second-order valence-electron chi connectivity index (χ2n) is 11.1. The van der Waals surface area contributed by atoms with E-state index in [1.807, 2.05) is 6.07 Å². The van der Waals surface area contributed by atoms with Crippen molar-refractivity contribution in [2.45, 2.75) is 112 Å². The smallest absolute Gasteiger partial charge is 0.210 e. The molecule has 3 atom stereocenters. The molecule has 8 heteroatoms.